The summed E-state index contributed by atoms with van der Waals surface area (Å²) in [6.45, 7) is 0.913. The van der Waals surface area contributed by atoms with Crippen LogP contribution >= 0.6 is 0 Å². The summed E-state index contributed by atoms with van der Waals surface area (Å²) < 4.78 is 0. The predicted molar refractivity (Wildman–Crippen MR) is 59.0 cm³/mol. The number of piperazine rings is 1. The number of carbonyl (C=O) groups is 3. The van der Waals surface area contributed by atoms with Gasteiger partial charge in [-0.25, -0.2) is 0 Å². The maximum absolute atomic E-state index is 11.7. The van der Waals surface area contributed by atoms with Crippen molar-refractivity contribution in [1.82, 2.24) is 21.3 Å². The van der Waals surface area contributed by atoms with Crippen LogP contribution in [0.2, 0.25) is 0 Å². The van der Waals surface area contributed by atoms with Crippen molar-refractivity contribution in [3.05, 3.63) is 0 Å². The highest BCUT2D eigenvalue weighted by molar-refractivity contribution is 5.86. The van der Waals surface area contributed by atoms with E-state index in [1.54, 1.807) is 0 Å². The van der Waals surface area contributed by atoms with Crippen LogP contribution in [0.25, 0.3) is 0 Å². The molecule has 0 saturated carbocycles. The van der Waals surface area contributed by atoms with Crippen molar-refractivity contribution in [3.63, 3.8) is 0 Å². The quantitative estimate of drug-likeness (QED) is 0.437. The third-order valence-corrected chi connectivity index (χ3v) is 2.94. The molecule has 7 heteroatoms. The number of amides is 3. The van der Waals surface area contributed by atoms with E-state index in [0.29, 0.717) is 19.5 Å². The summed E-state index contributed by atoms with van der Waals surface area (Å²) >= 11 is 0. The fourth-order valence-electron chi connectivity index (χ4n) is 1.93. The van der Waals surface area contributed by atoms with Crippen molar-refractivity contribution in [3.8, 4) is 0 Å². The lowest BCUT2D eigenvalue weighted by atomic mass is 10.2. The molecule has 3 amide bonds. The highest BCUT2D eigenvalue weighted by atomic mass is 16.2. The van der Waals surface area contributed by atoms with Crippen LogP contribution in [-0.2, 0) is 14.4 Å². The van der Waals surface area contributed by atoms with E-state index in [9.17, 15) is 14.4 Å². The number of carbonyl (C=O) groups excluding carboxylic acids is 3. The Morgan fingerprint density at radius 3 is 2.76 bits per heavy atom. The van der Waals surface area contributed by atoms with Gasteiger partial charge < -0.3 is 16.0 Å². The molecule has 0 spiro atoms. The molecule has 94 valence electrons. The lowest BCUT2D eigenvalue weighted by molar-refractivity contribution is -0.127. The first-order chi connectivity index (χ1) is 8.15. The topological polar surface area (TPSA) is 99.3 Å². The average Bonchev–Trinajstić information content (AvgIpc) is 2.73. The molecule has 2 fully saturated rings. The maximum Gasteiger partial charge on any atom is 0.239 e. The monoisotopic (exact) mass is 240 g/mol. The van der Waals surface area contributed by atoms with Crippen molar-refractivity contribution >= 4 is 17.7 Å². The Labute approximate surface area is 98.7 Å². The van der Waals surface area contributed by atoms with Crippen molar-refractivity contribution in [2.45, 2.75) is 24.9 Å². The largest absolute Gasteiger partial charge is 0.353 e. The standard InChI is InChI=1S/C10H16N4O3/c15-8-2-1-6(14-8)3-13-10(17)7-4-12-9(16)5-11-7/h6-7,11H,1-5H2,(H,12,16)(H,13,17)(H,14,15). The Balaban J connectivity index is 1.70. The van der Waals surface area contributed by atoms with Crippen LogP contribution in [0, 0.1) is 0 Å². The molecular formula is C10H16N4O3. The molecule has 0 aliphatic carbocycles. The third-order valence-electron chi connectivity index (χ3n) is 2.94. The van der Waals surface area contributed by atoms with Crippen LogP contribution in [-0.4, -0.2) is 49.4 Å². The SMILES string of the molecule is O=C1CNC(C(=O)NCC2CCC(=O)N2)CN1. The zero-order chi connectivity index (χ0) is 12.3. The molecule has 2 unspecified atom stereocenters. The molecule has 0 bridgehead atoms. The van der Waals surface area contributed by atoms with Crippen molar-refractivity contribution in [2.75, 3.05) is 19.6 Å². The maximum atomic E-state index is 11.7. The van der Waals surface area contributed by atoms with Gasteiger partial charge in [-0.05, 0) is 6.42 Å². The lowest BCUT2D eigenvalue weighted by Crippen LogP contribution is -2.58. The van der Waals surface area contributed by atoms with E-state index in [-0.39, 0.29) is 36.3 Å². The van der Waals surface area contributed by atoms with Gasteiger partial charge in [-0.1, -0.05) is 0 Å². The minimum Gasteiger partial charge on any atom is -0.353 e. The summed E-state index contributed by atoms with van der Waals surface area (Å²) in [4.78, 5) is 33.5. The van der Waals surface area contributed by atoms with Gasteiger partial charge >= 0.3 is 0 Å². The zero-order valence-corrected chi connectivity index (χ0v) is 9.41. The Kier molecular flexibility index (Phi) is 3.58. The molecule has 2 saturated heterocycles. The predicted octanol–water partition coefficient (Wildman–Crippen LogP) is -2.53. The van der Waals surface area contributed by atoms with E-state index in [4.69, 9.17) is 0 Å². The Morgan fingerprint density at radius 1 is 1.35 bits per heavy atom. The van der Waals surface area contributed by atoms with Crippen molar-refractivity contribution in [2.24, 2.45) is 0 Å². The molecule has 2 aliphatic rings. The van der Waals surface area contributed by atoms with Gasteiger partial charge in [0.15, 0.2) is 0 Å². The summed E-state index contributed by atoms with van der Waals surface area (Å²) in [5.74, 6) is -0.212. The van der Waals surface area contributed by atoms with E-state index in [1.165, 1.54) is 0 Å². The van der Waals surface area contributed by atoms with E-state index in [1.807, 2.05) is 0 Å². The van der Waals surface area contributed by atoms with Crippen LogP contribution in [0.1, 0.15) is 12.8 Å². The average molecular weight is 240 g/mol. The van der Waals surface area contributed by atoms with Gasteiger partial charge in [0.25, 0.3) is 0 Å². The Bertz CT molecular complexity index is 334. The molecule has 0 aromatic rings. The smallest absolute Gasteiger partial charge is 0.239 e. The second-order valence-corrected chi connectivity index (χ2v) is 4.29. The van der Waals surface area contributed by atoms with Gasteiger partial charge in [-0.3, -0.25) is 19.7 Å². The van der Waals surface area contributed by atoms with E-state index in [2.05, 4.69) is 21.3 Å². The zero-order valence-electron chi connectivity index (χ0n) is 9.41. The molecule has 4 N–H and O–H groups in total. The first kappa shape index (κ1) is 11.8. The molecule has 2 aliphatic heterocycles. The molecule has 17 heavy (non-hydrogen) atoms. The van der Waals surface area contributed by atoms with Crippen molar-refractivity contribution in [1.29, 1.82) is 0 Å². The van der Waals surface area contributed by atoms with Crippen LogP contribution in [0.15, 0.2) is 0 Å². The minimum atomic E-state index is -0.384. The molecule has 2 atom stereocenters. The lowest BCUT2D eigenvalue weighted by Gasteiger charge is -2.23. The summed E-state index contributed by atoms with van der Waals surface area (Å²) in [5.41, 5.74) is 0. The van der Waals surface area contributed by atoms with Gasteiger partial charge in [-0.15, -0.1) is 0 Å². The van der Waals surface area contributed by atoms with Crippen LogP contribution < -0.4 is 21.3 Å². The highest BCUT2D eigenvalue weighted by Crippen LogP contribution is 2.04. The van der Waals surface area contributed by atoms with E-state index in [0.717, 1.165) is 6.42 Å². The molecular weight excluding hydrogens is 224 g/mol. The second kappa shape index (κ2) is 5.13. The Morgan fingerprint density at radius 2 is 2.18 bits per heavy atom. The van der Waals surface area contributed by atoms with Crippen LogP contribution in [0.4, 0.5) is 0 Å². The normalized spacial score (nSPS) is 28.5. The first-order valence-corrected chi connectivity index (χ1v) is 5.72. The first-order valence-electron chi connectivity index (χ1n) is 5.72. The highest BCUT2D eigenvalue weighted by Gasteiger charge is 2.25. The summed E-state index contributed by atoms with van der Waals surface area (Å²) in [6, 6.07) is -0.352. The minimum absolute atomic E-state index is 0.0321. The summed E-state index contributed by atoms with van der Waals surface area (Å²) in [6.07, 6.45) is 1.28. The molecule has 7 nitrogen and oxygen atoms in total. The van der Waals surface area contributed by atoms with Gasteiger partial charge in [0.1, 0.15) is 6.04 Å². The molecule has 0 aromatic heterocycles. The fraction of sp³-hybridized carbons (Fsp3) is 0.700. The van der Waals surface area contributed by atoms with E-state index >= 15 is 0 Å². The summed E-state index contributed by atoms with van der Waals surface area (Å²) in [7, 11) is 0. The molecule has 0 aromatic carbocycles. The van der Waals surface area contributed by atoms with Gasteiger partial charge in [-0.2, -0.15) is 0 Å². The molecule has 2 rings (SSSR count). The van der Waals surface area contributed by atoms with Gasteiger partial charge in [0, 0.05) is 25.6 Å². The number of nitrogens with one attached hydrogen (secondary N) is 4. The van der Waals surface area contributed by atoms with Gasteiger partial charge in [0.05, 0.1) is 6.54 Å². The number of rotatable bonds is 3. The third kappa shape index (κ3) is 3.16. The molecule has 0 radical (unpaired) electrons. The van der Waals surface area contributed by atoms with Gasteiger partial charge in [0.2, 0.25) is 17.7 Å². The second-order valence-electron chi connectivity index (χ2n) is 4.29. The molecule has 2 heterocycles. The number of hydrogen-bond acceptors (Lipinski definition) is 4. The van der Waals surface area contributed by atoms with Crippen LogP contribution in [0.3, 0.4) is 0 Å². The fourth-order valence-corrected chi connectivity index (χ4v) is 1.93. The van der Waals surface area contributed by atoms with Crippen molar-refractivity contribution < 1.29 is 14.4 Å². The van der Waals surface area contributed by atoms with E-state index < -0.39 is 0 Å². The Hall–Kier alpha value is -1.63. The summed E-state index contributed by atoms with van der Waals surface area (Å²) in [5, 5.41) is 11.0. The van der Waals surface area contributed by atoms with Crippen LogP contribution in [0.5, 0.6) is 0 Å². The number of hydrogen-bond donors (Lipinski definition) is 4.